The Labute approximate surface area is 127 Å². The molecule has 0 saturated carbocycles. The number of nitro benzene ring substituents is 1. The number of methoxy groups -OCH3 is 1. The molecule has 0 amide bonds. The van der Waals surface area contributed by atoms with E-state index in [1.807, 2.05) is 19.1 Å². The van der Waals surface area contributed by atoms with E-state index >= 15 is 0 Å². The van der Waals surface area contributed by atoms with Crippen LogP contribution < -0.4 is 5.32 Å². The maximum Gasteiger partial charge on any atom is 0.277 e. The van der Waals surface area contributed by atoms with E-state index in [1.165, 1.54) is 6.07 Å². The summed E-state index contributed by atoms with van der Waals surface area (Å²) in [7, 11) is 1.66. The van der Waals surface area contributed by atoms with E-state index in [2.05, 4.69) is 21.2 Å². The molecule has 0 aliphatic heterocycles. The zero-order valence-electron chi connectivity index (χ0n) is 11.7. The lowest BCUT2D eigenvalue weighted by atomic mass is 10.1. The number of nitrogens with zero attached hydrogens (tertiary/aromatic N) is 1. The third-order valence-corrected chi connectivity index (χ3v) is 3.33. The van der Waals surface area contributed by atoms with Gasteiger partial charge in [0.05, 0.1) is 17.1 Å². The van der Waals surface area contributed by atoms with E-state index in [4.69, 9.17) is 4.74 Å². The van der Waals surface area contributed by atoms with Crippen molar-refractivity contribution >= 4 is 27.7 Å². The van der Waals surface area contributed by atoms with Crippen molar-refractivity contribution in [3.63, 3.8) is 0 Å². The largest absolute Gasteiger partial charge is 0.383 e. The van der Waals surface area contributed by atoms with Gasteiger partial charge in [-0.3, -0.25) is 10.1 Å². The molecule has 0 radical (unpaired) electrons. The molecule has 0 atom stereocenters. The minimum atomic E-state index is -0.359. The Bertz CT molecular complexity index is 489. The molecular formula is C14H19BrN2O3. The van der Waals surface area contributed by atoms with Crippen molar-refractivity contribution < 1.29 is 9.66 Å². The monoisotopic (exact) mass is 342 g/mol. The van der Waals surface area contributed by atoms with E-state index in [0.717, 1.165) is 18.5 Å². The van der Waals surface area contributed by atoms with Crippen molar-refractivity contribution in [1.82, 2.24) is 5.32 Å². The standard InChI is InChI=1S/C14H19BrN2O3/c1-3-11(10-16-6-7-20-2)8-12-4-5-13(15)9-14(12)17(18)19/h4-5,8-9,16H,3,6-7,10H2,1-2H3/b11-8-. The molecule has 0 heterocycles. The highest BCUT2D eigenvalue weighted by Crippen LogP contribution is 2.25. The summed E-state index contributed by atoms with van der Waals surface area (Å²) in [5, 5.41) is 14.3. The maximum atomic E-state index is 11.1. The predicted molar refractivity (Wildman–Crippen MR) is 83.8 cm³/mol. The fraction of sp³-hybridized carbons (Fsp3) is 0.429. The van der Waals surface area contributed by atoms with Crippen molar-refractivity contribution in [3.8, 4) is 0 Å². The van der Waals surface area contributed by atoms with Crippen LogP contribution in [-0.4, -0.2) is 31.7 Å². The normalized spacial score (nSPS) is 11.7. The molecule has 0 bridgehead atoms. The molecule has 6 heteroatoms. The van der Waals surface area contributed by atoms with Crippen molar-refractivity contribution in [2.75, 3.05) is 26.8 Å². The van der Waals surface area contributed by atoms with Gasteiger partial charge in [-0.25, -0.2) is 0 Å². The first-order valence-corrected chi connectivity index (χ1v) is 7.20. The van der Waals surface area contributed by atoms with Crippen LogP contribution in [0.2, 0.25) is 0 Å². The number of ether oxygens (including phenoxy) is 1. The molecule has 0 fully saturated rings. The highest BCUT2D eigenvalue weighted by molar-refractivity contribution is 9.10. The molecule has 1 N–H and O–H groups in total. The molecule has 0 aliphatic rings. The summed E-state index contributed by atoms with van der Waals surface area (Å²) in [5.74, 6) is 0. The van der Waals surface area contributed by atoms with Gasteiger partial charge in [0.15, 0.2) is 0 Å². The van der Waals surface area contributed by atoms with E-state index in [9.17, 15) is 10.1 Å². The number of nitro groups is 1. The topological polar surface area (TPSA) is 64.4 Å². The molecule has 20 heavy (non-hydrogen) atoms. The van der Waals surface area contributed by atoms with Crippen LogP contribution in [0.5, 0.6) is 0 Å². The summed E-state index contributed by atoms with van der Waals surface area (Å²) in [6.07, 6.45) is 2.72. The number of halogens is 1. The third kappa shape index (κ3) is 5.40. The van der Waals surface area contributed by atoms with Crippen molar-refractivity contribution in [3.05, 3.63) is 43.9 Å². The summed E-state index contributed by atoms with van der Waals surface area (Å²) in [4.78, 5) is 10.7. The number of hydrogen-bond acceptors (Lipinski definition) is 4. The summed E-state index contributed by atoms with van der Waals surface area (Å²) in [6, 6.07) is 5.09. The zero-order valence-corrected chi connectivity index (χ0v) is 13.3. The Morgan fingerprint density at radius 1 is 1.55 bits per heavy atom. The van der Waals surface area contributed by atoms with E-state index in [-0.39, 0.29) is 10.6 Å². The Morgan fingerprint density at radius 2 is 2.30 bits per heavy atom. The molecule has 0 aromatic heterocycles. The van der Waals surface area contributed by atoms with Crippen LogP contribution in [-0.2, 0) is 4.74 Å². The quantitative estimate of drug-likeness (QED) is 0.446. The average molecular weight is 343 g/mol. The summed E-state index contributed by atoms with van der Waals surface area (Å²) < 4.78 is 5.67. The first-order valence-electron chi connectivity index (χ1n) is 6.41. The molecule has 1 aromatic carbocycles. The fourth-order valence-electron chi connectivity index (χ4n) is 1.72. The lowest BCUT2D eigenvalue weighted by Crippen LogP contribution is -2.21. The number of benzene rings is 1. The van der Waals surface area contributed by atoms with Crippen molar-refractivity contribution in [2.45, 2.75) is 13.3 Å². The van der Waals surface area contributed by atoms with Crippen LogP contribution in [0.15, 0.2) is 28.2 Å². The van der Waals surface area contributed by atoms with Gasteiger partial charge < -0.3 is 10.1 Å². The Morgan fingerprint density at radius 3 is 2.90 bits per heavy atom. The van der Waals surface area contributed by atoms with Crippen LogP contribution in [0.25, 0.3) is 6.08 Å². The lowest BCUT2D eigenvalue weighted by molar-refractivity contribution is -0.385. The summed E-state index contributed by atoms with van der Waals surface area (Å²) >= 11 is 3.26. The first kappa shape index (κ1) is 16.8. The number of hydrogen-bond donors (Lipinski definition) is 1. The van der Waals surface area contributed by atoms with Gasteiger partial charge in [0, 0.05) is 30.7 Å². The molecule has 0 unspecified atom stereocenters. The molecule has 0 saturated heterocycles. The number of rotatable bonds is 8. The summed E-state index contributed by atoms with van der Waals surface area (Å²) in [6.45, 7) is 4.15. The fourth-order valence-corrected chi connectivity index (χ4v) is 2.07. The molecule has 0 aliphatic carbocycles. The average Bonchev–Trinajstić information content (AvgIpc) is 2.43. The second-order valence-corrected chi connectivity index (χ2v) is 5.20. The highest BCUT2D eigenvalue weighted by atomic mass is 79.9. The second kappa shape index (κ2) is 8.84. The van der Waals surface area contributed by atoms with Crippen LogP contribution in [0.4, 0.5) is 5.69 Å². The van der Waals surface area contributed by atoms with Crippen LogP contribution in [0.1, 0.15) is 18.9 Å². The van der Waals surface area contributed by atoms with E-state index in [0.29, 0.717) is 23.2 Å². The molecule has 5 nitrogen and oxygen atoms in total. The maximum absolute atomic E-state index is 11.1. The molecular weight excluding hydrogens is 324 g/mol. The zero-order chi connectivity index (χ0) is 15.0. The minimum Gasteiger partial charge on any atom is -0.383 e. The van der Waals surface area contributed by atoms with Gasteiger partial charge >= 0.3 is 0 Å². The van der Waals surface area contributed by atoms with Gasteiger partial charge in [-0.1, -0.05) is 28.4 Å². The minimum absolute atomic E-state index is 0.113. The molecule has 110 valence electrons. The van der Waals surface area contributed by atoms with Crippen LogP contribution in [0.3, 0.4) is 0 Å². The molecule has 1 rings (SSSR count). The van der Waals surface area contributed by atoms with E-state index in [1.54, 1.807) is 13.2 Å². The van der Waals surface area contributed by atoms with Gasteiger partial charge in [0.25, 0.3) is 5.69 Å². The number of nitrogens with one attached hydrogen (secondary N) is 1. The molecule has 0 spiro atoms. The first-order chi connectivity index (χ1) is 9.58. The highest BCUT2D eigenvalue weighted by Gasteiger charge is 2.12. The summed E-state index contributed by atoms with van der Waals surface area (Å²) in [5.41, 5.74) is 1.86. The second-order valence-electron chi connectivity index (χ2n) is 4.29. The van der Waals surface area contributed by atoms with Crippen molar-refractivity contribution in [1.29, 1.82) is 0 Å². The third-order valence-electron chi connectivity index (χ3n) is 2.84. The Kier molecular flexibility index (Phi) is 7.43. The molecule has 1 aromatic rings. The van der Waals surface area contributed by atoms with Gasteiger partial charge in [-0.05, 0) is 24.6 Å². The van der Waals surface area contributed by atoms with Crippen LogP contribution in [0, 0.1) is 10.1 Å². The van der Waals surface area contributed by atoms with Gasteiger partial charge in [0.1, 0.15) is 0 Å². The predicted octanol–water partition coefficient (Wildman–Crippen LogP) is 3.39. The van der Waals surface area contributed by atoms with Gasteiger partial charge in [-0.15, -0.1) is 0 Å². The van der Waals surface area contributed by atoms with Crippen molar-refractivity contribution in [2.24, 2.45) is 0 Å². The van der Waals surface area contributed by atoms with Gasteiger partial charge in [0.2, 0.25) is 0 Å². The SMILES string of the molecule is CC/C(=C/c1ccc(Br)cc1[N+](=O)[O-])CNCCOC. The Hall–Kier alpha value is -1.24. The Balaban J connectivity index is 2.86. The van der Waals surface area contributed by atoms with Gasteiger partial charge in [-0.2, -0.15) is 0 Å². The van der Waals surface area contributed by atoms with Crippen LogP contribution >= 0.6 is 15.9 Å². The smallest absolute Gasteiger partial charge is 0.277 e. The lowest BCUT2D eigenvalue weighted by Gasteiger charge is -2.07. The van der Waals surface area contributed by atoms with E-state index < -0.39 is 0 Å².